The van der Waals surface area contributed by atoms with Gasteiger partial charge in [-0.1, -0.05) is 33.8 Å². The second-order valence-corrected chi connectivity index (χ2v) is 7.33. The highest BCUT2D eigenvalue weighted by Gasteiger charge is 2.48. The van der Waals surface area contributed by atoms with Gasteiger partial charge in [0.2, 0.25) is 0 Å². The average Bonchev–Trinajstić information content (AvgIpc) is 2.99. The van der Waals surface area contributed by atoms with Gasteiger partial charge < -0.3 is 14.7 Å². The SMILES string of the molecule is CC(C)COc1cccc(C(=O)N2CCC(C(=O)O)(C(C)C)C2)c1. The van der Waals surface area contributed by atoms with Crippen LogP contribution in [0.25, 0.3) is 0 Å². The largest absolute Gasteiger partial charge is 0.493 e. The number of likely N-dealkylation sites (tertiary alicyclic amines) is 1. The Morgan fingerprint density at radius 2 is 2.00 bits per heavy atom. The van der Waals surface area contributed by atoms with Gasteiger partial charge in [-0.05, 0) is 36.5 Å². The van der Waals surface area contributed by atoms with Crippen LogP contribution in [0.4, 0.5) is 0 Å². The Morgan fingerprint density at radius 3 is 2.54 bits per heavy atom. The summed E-state index contributed by atoms with van der Waals surface area (Å²) in [5.41, 5.74) is -0.303. The number of carbonyl (C=O) groups excluding carboxylic acids is 1. The molecule has 1 atom stereocenters. The summed E-state index contributed by atoms with van der Waals surface area (Å²) in [7, 11) is 0. The summed E-state index contributed by atoms with van der Waals surface area (Å²) in [6.45, 7) is 9.27. The molecular formula is C19H27NO4. The van der Waals surface area contributed by atoms with Crippen LogP contribution in [0.2, 0.25) is 0 Å². The number of hydrogen-bond acceptors (Lipinski definition) is 3. The predicted octanol–water partition coefficient (Wildman–Crippen LogP) is 3.29. The van der Waals surface area contributed by atoms with E-state index in [-0.39, 0.29) is 18.4 Å². The van der Waals surface area contributed by atoms with Crippen molar-refractivity contribution in [2.75, 3.05) is 19.7 Å². The second-order valence-electron chi connectivity index (χ2n) is 7.33. The minimum atomic E-state index is -0.846. The Balaban J connectivity index is 2.13. The summed E-state index contributed by atoms with van der Waals surface area (Å²) >= 11 is 0. The molecule has 1 aliphatic heterocycles. The van der Waals surface area contributed by atoms with E-state index < -0.39 is 11.4 Å². The zero-order chi connectivity index (χ0) is 17.9. The highest BCUT2D eigenvalue weighted by molar-refractivity contribution is 5.95. The number of amides is 1. The molecule has 0 aliphatic carbocycles. The molecule has 1 unspecified atom stereocenters. The van der Waals surface area contributed by atoms with E-state index in [0.29, 0.717) is 36.8 Å². The van der Waals surface area contributed by atoms with Crippen LogP contribution in [-0.2, 0) is 4.79 Å². The maximum absolute atomic E-state index is 12.7. The monoisotopic (exact) mass is 333 g/mol. The first-order valence-corrected chi connectivity index (χ1v) is 8.52. The van der Waals surface area contributed by atoms with Crippen LogP contribution < -0.4 is 4.74 Å². The lowest BCUT2D eigenvalue weighted by molar-refractivity contribution is -0.150. The molecule has 5 nitrogen and oxygen atoms in total. The molecule has 1 N–H and O–H groups in total. The molecule has 1 aromatic carbocycles. The van der Waals surface area contributed by atoms with Crippen LogP contribution in [0.15, 0.2) is 24.3 Å². The lowest BCUT2D eigenvalue weighted by Crippen LogP contribution is -2.40. The van der Waals surface area contributed by atoms with Crippen LogP contribution in [0, 0.1) is 17.3 Å². The number of nitrogens with zero attached hydrogens (tertiary/aromatic N) is 1. The van der Waals surface area contributed by atoms with Crippen LogP contribution in [-0.4, -0.2) is 41.6 Å². The van der Waals surface area contributed by atoms with Crippen LogP contribution in [0.3, 0.4) is 0 Å². The highest BCUT2D eigenvalue weighted by atomic mass is 16.5. The molecule has 1 aromatic rings. The fraction of sp³-hybridized carbons (Fsp3) is 0.579. The molecular weight excluding hydrogens is 306 g/mol. The summed E-state index contributed by atoms with van der Waals surface area (Å²) < 4.78 is 5.67. The van der Waals surface area contributed by atoms with Crippen molar-refractivity contribution in [3.05, 3.63) is 29.8 Å². The number of ether oxygens (including phenoxy) is 1. The molecule has 1 amide bonds. The second kappa shape index (κ2) is 7.24. The third-order valence-electron chi connectivity index (χ3n) is 4.78. The van der Waals surface area contributed by atoms with Crippen LogP contribution in [0.5, 0.6) is 5.75 Å². The highest BCUT2D eigenvalue weighted by Crippen LogP contribution is 2.38. The van der Waals surface area contributed by atoms with Gasteiger partial charge in [0.1, 0.15) is 5.75 Å². The summed E-state index contributed by atoms with van der Waals surface area (Å²) in [4.78, 5) is 26.1. The van der Waals surface area contributed by atoms with Crippen molar-refractivity contribution in [2.24, 2.45) is 17.3 Å². The molecule has 0 bridgehead atoms. The van der Waals surface area contributed by atoms with E-state index in [9.17, 15) is 14.7 Å². The van der Waals surface area contributed by atoms with Crippen molar-refractivity contribution >= 4 is 11.9 Å². The number of benzene rings is 1. The van der Waals surface area contributed by atoms with Gasteiger partial charge in [-0.15, -0.1) is 0 Å². The van der Waals surface area contributed by atoms with Crippen molar-refractivity contribution in [2.45, 2.75) is 34.1 Å². The standard InChI is InChI=1S/C19H27NO4/c1-13(2)11-24-16-7-5-6-15(10-16)17(21)20-9-8-19(12-20,14(3)4)18(22)23/h5-7,10,13-14H,8-9,11-12H2,1-4H3,(H,22,23). The first-order valence-electron chi connectivity index (χ1n) is 8.52. The van der Waals surface area contributed by atoms with Crippen molar-refractivity contribution in [3.8, 4) is 5.75 Å². The lowest BCUT2D eigenvalue weighted by Gasteiger charge is -2.28. The van der Waals surface area contributed by atoms with E-state index in [4.69, 9.17) is 4.74 Å². The minimum Gasteiger partial charge on any atom is -0.493 e. The van der Waals surface area contributed by atoms with E-state index >= 15 is 0 Å². The molecule has 0 saturated carbocycles. The predicted molar refractivity (Wildman–Crippen MR) is 92.2 cm³/mol. The fourth-order valence-corrected chi connectivity index (χ4v) is 3.06. The maximum atomic E-state index is 12.7. The van der Waals surface area contributed by atoms with Gasteiger partial charge in [0, 0.05) is 18.7 Å². The van der Waals surface area contributed by atoms with Crippen molar-refractivity contribution in [1.82, 2.24) is 4.90 Å². The number of carboxylic acid groups (broad SMARTS) is 1. The number of aliphatic carboxylic acids is 1. The third kappa shape index (κ3) is 3.71. The molecule has 1 fully saturated rings. The summed E-state index contributed by atoms with van der Waals surface area (Å²) in [5.74, 6) is 0.108. The molecule has 1 saturated heterocycles. The van der Waals surface area contributed by atoms with Crippen LogP contribution >= 0.6 is 0 Å². The Labute approximate surface area is 143 Å². The Kier molecular flexibility index (Phi) is 5.52. The Hall–Kier alpha value is -2.04. The van der Waals surface area contributed by atoms with Crippen molar-refractivity contribution in [3.63, 3.8) is 0 Å². The molecule has 2 rings (SSSR count). The van der Waals surface area contributed by atoms with E-state index in [1.807, 2.05) is 19.9 Å². The maximum Gasteiger partial charge on any atom is 0.311 e. The lowest BCUT2D eigenvalue weighted by atomic mass is 9.76. The summed E-state index contributed by atoms with van der Waals surface area (Å²) in [6, 6.07) is 7.12. The van der Waals surface area contributed by atoms with E-state index in [1.54, 1.807) is 23.1 Å². The van der Waals surface area contributed by atoms with Crippen molar-refractivity contribution < 1.29 is 19.4 Å². The molecule has 0 spiro atoms. The van der Waals surface area contributed by atoms with Crippen molar-refractivity contribution in [1.29, 1.82) is 0 Å². The van der Waals surface area contributed by atoms with Gasteiger partial charge in [0.05, 0.1) is 12.0 Å². The number of carbonyl (C=O) groups is 2. The quantitative estimate of drug-likeness (QED) is 0.867. The molecule has 1 aliphatic rings. The summed E-state index contributed by atoms with van der Waals surface area (Å²) in [5, 5.41) is 9.61. The van der Waals surface area contributed by atoms with E-state index in [2.05, 4.69) is 13.8 Å². The molecule has 0 radical (unpaired) electrons. The van der Waals surface area contributed by atoms with Gasteiger partial charge in [0.15, 0.2) is 0 Å². The number of rotatable bonds is 6. The van der Waals surface area contributed by atoms with E-state index in [0.717, 1.165) is 0 Å². The van der Waals surface area contributed by atoms with Gasteiger partial charge in [-0.25, -0.2) is 0 Å². The average molecular weight is 333 g/mol. The molecule has 132 valence electrons. The normalized spacial score (nSPS) is 20.7. The smallest absolute Gasteiger partial charge is 0.311 e. The van der Waals surface area contributed by atoms with Crippen LogP contribution in [0.1, 0.15) is 44.5 Å². The molecule has 24 heavy (non-hydrogen) atoms. The fourth-order valence-electron chi connectivity index (χ4n) is 3.06. The first-order chi connectivity index (χ1) is 11.3. The zero-order valence-corrected chi connectivity index (χ0v) is 14.9. The molecule has 1 heterocycles. The topological polar surface area (TPSA) is 66.8 Å². The Morgan fingerprint density at radius 1 is 1.29 bits per heavy atom. The van der Waals surface area contributed by atoms with Gasteiger partial charge in [-0.2, -0.15) is 0 Å². The first kappa shape index (κ1) is 18.3. The van der Waals surface area contributed by atoms with Gasteiger partial charge in [-0.3, -0.25) is 9.59 Å². The van der Waals surface area contributed by atoms with E-state index in [1.165, 1.54) is 0 Å². The van der Waals surface area contributed by atoms with Gasteiger partial charge in [0.25, 0.3) is 5.91 Å². The third-order valence-corrected chi connectivity index (χ3v) is 4.78. The number of hydrogen-bond donors (Lipinski definition) is 1. The molecule has 0 aromatic heterocycles. The van der Waals surface area contributed by atoms with Gasteiger partial charge >= 0.3 is 5.97 Å². The zero-order valence-electron chi connectivity index (χ0n) is 14.9. The number of carboxylic acids is 1. The Bertz CT molecular complexity index is 611. The molecule has 5 heteroatoms. The minimum absolute atomic E-state index is 0.0199. The summed E-state index contributed by atoms with van der Waals surface area (Å²) in [6.07, 6.45) is 0.495.